The predicted octanol–water partition coefficient (Wildman–Crippen LogP) is 2.41. The van der Waals surface area contributed by atoms with E-state index in [1.807, 2.05) is 0 Å². The van der Waals surface area contributed by atoms with Gasteiger partial charge in [-0.2, -0.15) is 5.10 Å². The molecule has 2 heterocycles. The summed E-state index contributed by atoms with van der Waals surface area (Å²) >= 11 is 0. The van der Waals surface area contributed by atoms with Gasteiger partial charge in [0.2, 0.25) is 0 Å². The van der Waals surface area contributed by atoms with Crippen molar-refractivity contribution in [3.8, 4) is 11.3 Å². The number of furan rings is 1. The Bertz CT molecular complexity index is 936. The highest BCUT2D eigenvalue weighted by molar-refractivity contribution is 5.92. The Balaban J connectivity index is 1.68. The van der Waals surface area contributed by atoms with E-state index in [0.717, 1.165) is 0 Å². The lowest BCUT2D eigenvalue weighted by Gasteiger charge is -1.97. The molecule has 25 heavy (non-hydrogen) atoms. The van der Waals surface area contributed by atoms with Gasteiger partial charge in [0, 0.05) is 30.1 Å². The van der Waals surface area contributed by atoms with E-state index in [0.29, 0.717) is 17.1 Å². The normalized spacial score (nSPS) is 10.7. The summed E-state index contributed by atoms with van der Waals surface area (Å²) < 4.78 is 5.54. The number of nitrogens with one attached hydrogen (secondary N) is 1. The molecular weight excluding hydrogens is 326 g/mol. The zero-order valence-electron chi connectivity index (χ0n) is 12.7. The topological polar surface area (TPSA) is 124 Å². The third-order valence-corrected chi connectivity index (χ3v) is 3.12. The molecule has 0 spiro atoms. The Morgan fingerprint density at radius 2 is 2.16 bits per heavy atom. The second kappa shape index (κ2) is 7.13. The van der Waals surface area contributed by atoms with Crippen LogP contribution in [0.3, 0.4) is 0 Å². The number of nitro groups is 1. The zero-order chi connectivity index (χ0) is 17.6. The summed E-state index contributed by atoms with van der Waals surface area (Å²) in [6.07, 6.45) is 5.49. The standard InChI is InChI=1S/C16H11N5O4/c22-16(14-10-17-6-7-18-14)20-19-9-13-4-5-15(25-13)11-2-1-3-12(8-11)21(23)24/h1-10H,(H,20,22)/b19-9+. The largest absolute Gasteiger partial charge is 0.455 e. The summed E-state index contributed by atoms with van der Waals surface area (Å²) in [5.41, 5.74) is 2.97. The van der Waals surface area contributed by atoms with E-state index < -0.39 is 10.8 Å². The van der Waals surface area contributed by atoms with Crippen LogP contribution in [0.1, 0.15) is 16.2 Å². The van der Waals surface area contributed by atoms with Crippen LogP contribution in [0, 0.1) is 10.1 Å². The molecule has 0 aliphatic rings. The average molecular weight is 337 g/mol. The lowest BCUT2D eigenvalue weighted by molar-refractivity contribution is -0.384. The first kappa shape index (κ1) is 16.0. The molecule has 2 aromatic heterocycles. The lowest BCUT2D eigenvalue weighted by Crippen LogP contribution is -2.18. The molecule has 1 aromatic carbocycles. The van der Waals surface area contributed by atoms with Crippen molar-refractivity contribution < 1.29 is 14.1 Å². The Morgan fingerprint density at radius 3 is 2.92 bits per heavy atom. The molecule has 0 radical (unpaired) electrons. The van der Waals surface area contributed by atoms with Crippen molar-refractivity contribution in [2.75, 3.05) is 0 Å². The van der Waals surface area contributed by atoms with Gasteiger partial charge in [-0.25, -0.2) is 10.4 Å². The fourth-order valence-corrected chi connectivity index (χ4v) is 1.98. The molecule has 0 saturated heterocycles. The number of aromatic nitrogens is 2. The number of carbonyl (C=O) groups excluding carboxylic acids is 1. The minimum atomic E-state index is -0.505. The van der Waals surface area contributed by atoms with Crippen LogP contribution in [0.25, 0.3) is 11.3 Å². The number of nitrogens with zero attached hydrogens (tertiary/aromatic N) is 4. The van der Waals surface area contributed by atoms with Gasteiger partial charge < -0.3 is 4.42 Å². The van der Waals surface area contributed by atoms with Crippen molar-refractivity contribution in [3.05, 3.63) is 76.6 Å². The van der Waals surface area contributed by atoms with Gasteiger partial charge >= 0.3 is 0 Å². The molecule has 1 N–H and O–H groups in total. The molecule has 124 valence electrons. The van der Waals surface area contributed by atoms with Crippen LogP contribution in [0.5, 0.6) is 0 Å². The molecule has 0 fully saturated rings. The fourth-order valence-electron chi connectivity index (χ4n) is 1.98. The number of nitro benzene ring substituents is 1. The smallest absolute Gasteiger partial charge is 0.291 e. The van der Waals surface area contributed by atoms with Crippen molar-refractivity contribution in [1.82, 2.24) is 15.4 Å². The van der Waals surface area contributed by atoms with Crippen LogP contribution in [0.4, 0.5) is 5.69 Å². The van der Waals surface area contributed by atoms with Crippen molar-refractivity contribution in [1.29, 1.82) is 0 Å². The maximum absolute atomic E-state index is 11.7. The summed E-state index contributed by atoms with van der Waals surface area (Å²) in [6.45, 7) is 0. The number of rotatable bonds is 5. The van der Waals surface area contributed by atoms with E-state index in [4.69, 9.17) is 4.42 Å². The fraction of sp³-hybridized carbons (Fsp3) is 0. The second-order valence-corrected chi connectivity index (χ2v) is 4.80. The Hall–Kier alpha value is -3.88. The van der Waals surface area contributed by atoms with Gasteiger partial charge in [0.25, 0.3) is 11.6 Å². The lowest BCUT2D eigenvalue weighted by atomic mass is 10.1. The molecule has 9 heteroatoms. The molecule has 0 aliphatic carbocycles. The summed E-state index contributed by atoms with van der Waals surface area (Å²) in [6, 6.07) is 9.37. The van der Waals surface area contributed by atoms with Gasteiger partial charge in [0.15, 0.2) is 0 Å². The van der Waals surface area contributed by atoms with Crippen LogP contribution < -0.4 is 5.43 Å². The summed E-state index contributed by atoms with van der Waals surface area (Å²) in [5.74, 6) is 0.321. The van der Waals surface area contributed by atoms with E-state index in [1.54, 1.807) is 24.3 Å². The number of hydrogen-bond donors (Lipinski definition) is 1. The highest BCUT2D eigenvalue weighted by Gasteiger charge is 2.10. The zero-order valence-corrected chi connectivity index (χ0v) is 12.7. The van der Waals surface area contributed by atoms with Gasteiger partial charge in [-0.1, -0.05) is 12.1 Å². The number of benzene rings is 1. The third kappa shape index (κ3) is 3.91. The van der Waals surface area contributed by atoms with Gasteiger partial charge in [-0.15, -0.1) is 0 Å². The average Bonchev–Trinajstić information content (AvgIpc) is 3.11. The Morgan fingerprint density at radius 1 is 1.28 bits per heavy atom. The van der Waals surface area contributed by atoms with Crippen LogP contribution in [0.2, 0.25) is 0 Å². The maximum atomic E-state index is 11.7. The van der Waals surface area contributed by atoms with Crippen molar-refractivity contribution >= 4 is 17.8 Å². The molecule has 9 nitrogen and oxygen atoms in total. The van der Waals surface area contributed by atoms with Gasteiger partial charge in [-0.05, 0) is 12.1 Å². The number of amides is 1. The van der Waals surface area contributed by atoms with Gasteiger partial charge in [0.05, 0.1) is 17.3 Å². The van der Waals surface area contributed by atoms with Crippen molar-refractivity contribution in [2.45, 2.75) is 0 Å². The first-order valence-electron chi connectivity index (χ1n) is 7.07. The molecule has 0 atom stereocenters. The number of non-ortho nitro benzene ring substituents is 1. The molecule has 0 unspecified atom stereocenters. The van der Waals surface area contributed by atoms with Crippen LogP contribution in [-0.4, -0.2) is 27.0 Å². The molecule has 0 aliphatic heterocycles. The minimum Gasteiger partial charge on any atom is -0.455 e. The van der Waals surface area contributed by atoms with Gasteiger partial charge in [0.1, 0.15) is 17.2 Å². The van der Waals surface area contributed by atoms with E-state index in [-0.39, 0.29) is 11.4 Å². The Kier molecular flexibility index (Phi) is 4.56. The summed E-state index contributed by atoms with van der Waals surface area (Å²) in [7, 11) is 0. The molecule has 1 amide bonds. The monoisotopic (exact) mass is 337 g/mol. The van der Waals surface area contributed by atoms with Crippen LogP contribution in [0.15, 0.2) is 64.5 Å². The predicted molar refractivity (Wildman–Crippen MR) is 87.9 cm³/mol. The molecule has 0 saturated carbocycles. The highest BCUT2D eigenvalue weighted by Crippen LogP contribution is 2.25. The van der Waals surface area contributed by atoms with E-state index in [9.17, 15) is 14.9 Å². The first-order chi connectivity index (χ1) is 12.1. The van der Waals surface area contributed by atoms with E-state index in [2.05, 4.69) is 20.5 Å². The minimum absolute atomic E-state index is 0.0275. The Labute approximate surface area is 141 Å². The number of hydrazone groups is 1. The van der Waals surface area contributed by atoms with E-state index >= 15 is 0 Å². The third-order valence-electron chi connectivity index (χ3n) is 3.12. The van der Waals surface area contributed by atoms with Crippen LogP contribution in [-0.2, 0) is 0 Å². The van der Waals surface area contributed by atoms with E-state index in [1.165, 1.54) is 36.9 Å². The summed E-state index contributed by atoms with van der Waals surface area (Å²) in [5, 5.41) is 14.6. The van der Waals surface area contributed by atoms with Crippen LogP contribution >= 0.6 is 0 Å². The molecule has 3 rings (SSSR count). The molecular formula is C16H11N5O4. The SMILES string of the molecule is O=C(N/N=C/c1ccc(-c2cccc([N+](=O)[O-])c2)o1)c1cnccn1. The molecule has 0 bridgehead atoms. The maximum Gasteiger partial charge on any atom is 0.291 e. The van der Waals surface area contributed by atoms with Crippen molar-refractivity contribution in [2.24, 2.45) is 5.10 Å². The highest BCUT2D eigenvalue weighted by atomic mass is 16.6. The second-order valence-electron chi connectivity index (χ2n) is 4.80. The van der Waals surface area contributed by atoms with Gasteiger partial charge in [-0.3, -0.25) is 19.9 Å². The number of carbonyl (C=O) groups is 1. The number of hydrogen-bond acceptors (Lipinski definition) is 7. The first-order valence-corrected chi connectivity index (χ1v) is 7.07. The quantitative estimate of drug-likeness (QED) is 0.433. The summed E-state index contributed by atoms with van der Waals surface area (Å²) in [4.78, 5) is 29.7. The van der Waals surface area contributed by atoms with Crippen molar-refractivity contribution in [3.63, 3.8) is 0 Å². The molecule has 3 aromatic rings.